The fraction of sp³-hybridized carbons (Fsp3) is 0.500. The average molecular weight is 322 g/mol. The molecule has 23 heavy (non-hydrogen) atoms. The van der Waals surface area contributed by atoms with E-state index in [2.05, 4.69) is 5.32 Å². The van der Waals surface area contributed by atoms with Crippen LogP contribution in [-0.4, -0.2) is 44.4 Å². The van der Waals surface area contributed by atoms with Crippen LogP contribution >= 0.6 is 0 Å². The second kappa shape index (κ2) is 6.36. The van der Waals surface area contributed by atoms with Crippen molar-refractivity contribution >= 4 is 17.7 Å². The number of alkyl carbamates (subject to hydrolysis) is 1. The molecule has 7 nitrogen and oxygen atoms in total. The van der Waals surface area contributed by atoms with Gasteiger partial charge >= 0.3 is 6.09 Å². The van der Waals surface area contributed by atoms with Crippen LogP contribution in [0, 0.1) is 0 Å². The topological polar surface area (TPSA) is 77.1 Å². The molecule has 1 aliphatic rings. The first-order chi connectivity index (χ1) is 10.7. The molecule has 2 rings (SSSR count). The van der Waals surface area contributed by atoms with Crippen LogP contribution in [0.3, 0.4) is 0 Å². The van der Waals surface area contributed by atoms with Crippen molar-refractivity contribution in [3.8, 4) is 11.5 Å². The van der Waals surface area contributed by atoms with Crippen molar-refractivity contribution in [2.75, 3.05) is 25.7 Å². The molecule has 2 amide bonds. The van der Waals surface area contributed by atoms with Crippen LogP contribution in [0.15, 0.2) is 18.2 Å². The third-order valence-electron chi connectivity index (χ3n) is 3.25. The first-order valence-electron chi connectivity index (χ1n) is 7.29. The fourth-order valence-electron chi connectivity index (χ4n) is 2.16. The number of anilines is 1. The Bertz CT molecular complexity index is 609. The van der Waals surface area contributed by atoms with Crippen molar-refractivity contribution in [2.24, 2.45) is 0 Å². The molecule has 126 valence electrons. The SMILES string of the molecule is COc1ccc2c(c1)N(C)C(=O)[C@@H](NC(=O)OC(C)(C)C)CO2. The maximum absolute atomic E-state index is 12.5. The molecule has 1 aromatic carbocycles. The molecule has 0 spiro atoms. The van der Waals surface area contributed by atoms with E-state index in [4.69, 9.17) is 14.2 Å². The summed E-state index contributed by atoms with van der Waals surface area (Å²) < 4.78 is 16.0. The van der Waals surface area contributed by atoms with Crippen LogP contribution in [0.5, 0.6) is 11.5 Å². The van der Waals surface area contributed by atoms with Gasteiger partial charge in [0.05, 0.1) is 12.8 Å². The number of fused-ring (bicyclic) bond motifs is 1. The highest BCUT2D eigenvalue weighted by atomic mass is 16.6. The monoisotopic (exact) mass is 322 g/mol. The summed E-state index contributed by atoms with van der Waals surface area (Å²) in [5.41, 5.74) is -0.0520. The van der Waals surface area contributed by atoms with Crippen LogP contribution < -0.4 is 19.7 Å². The van der Waals surface area contributed by atoms with Gasteiger partial charge in [0.15, 0.2) is 0 Å². The molecule has 0 radical (unpaired) electrons. The van der Waals surface area contributed by atoms with Crippen LogP contribution in [0.25, 0.3) is 0 Å². The first kappa shape index (κ1) is 16.9. The van der Waals surface area contributed by atoms with E-state index < -0.39 is 17.7 Å². The summed E-state index contributed by atoms with van der Waals surface area (Å²) in [4.78, 5) is 25.9. The van der Waals surface area contributed by atoms with Gasteiger partial charge in [0.1, 0.15) is 29.7 Å². The van der Waals surface area contributed by atoms with Gasteiger partial charge in [-0.15, -0.1) is 0 Å². The summed E-state index contributed by atoms with van der Waals surface area (Å²) in [7, 11) is 3.17. The van der Waals surface area contributed by atoms with E-state index in [9.17, 15) is 9.59 Å². The summed E-state index contributed by atoms with van der Waals surface area (Å²) in [5.74, 6) is 0.878. The standard InChI is InChI=1S/C16H22N2O5/c1-16(2,3)23-15(20)17-11-9-22-13-7-6-10(21-5)8-12(13)18(4)14(11)19/h6-8,11H,9H2,1-5H3,(H,17,20)/t11-/m0/s1. The zero-order chi connectivity index (χ0) is 17.2. The normalized spacial score (nSPS) is 17.7. The highest BCUT2D eigenvalue weighted by molar-refractivity contribution is 6.00. The van der Waals surface area contributed by atoms with E-state index in [1.54, 1.807) is 53.1 Å². The maximum Gasteiger partial charge on any atom is 0.408 e. The summed E-state index contributed by atoms with van der Waals surface area (Å²) in [6.45, 7) is 5.30. The number of likely N-dealkylation sites (N-methyl/N-ethyl adjacent to an activating group) is 1. The molecule has 1 heterocycles. The number of nitrogens with zero attached hydrogens (tertiary/aromatic N) is 1. The number of carbonyl (C=O) groups is 2. The molecule has 1 atom stereocenters. The predicted octanol–water partition coefficient (Wildman–Crippen LogP) is 1.94. The van der Waals surface area contributed by atoms with E-state index in [0.717, 1.165) is 0 Å². The van der Waals surface area contributed by atoms with Crippen molar-refractivity contribution in [3.63, 3.8) is 0 Å². The summed E-state index contributed by atoms with van der Waals surface area (Å²) in [6, 6.07) is 4.36. The molecular formula is C16H22N2O5. The molecule has 7 heteroatoms. The Balaban J connectivity index is 2.16. The van der Waals surface area contributed by atoms with E-state index in [1.165, 1.54) is 4.90 Å². The van der Waals surface area contributed by atoms with E-state index in [0.29, 0.717) is 17.2 Å². The Labute approximate surface area is 135 Å². The Kier molecular flexibility index (Phi) is 4.68. The number of hydrogen-bond acceptors (Lipinski definition) is 5. The number of amides is 2. The van der Waals surface area contributed by atoms with Crippen molar-refractivity contribution in [1.29, 1.82) is 0 Å². The largest absolute Gasteiger partial charge is 0.497 e. The highest BCUT2D eigenvalue weighted by Gasteiger charge is 2.32. The van der Waals surface area contributed by atoms with Gasteiger partial charge in [-0.05, 0) is 32.9 Å². The number of hydrogen-bond donors (Lipinski definition) is 1. The minimum atomic E-state index is -0.826. The first-order valence-corrected chi connectivity index (χ1v) is 7.29. The third kappa shape index (κ3) is 4.06. The van der Waals surface area contributed by atoms with Gasteiger partial charge < -0.3 is 24.4 Å². The van der Waals surface area contributed by atoms with Gasteiger partial charge in [-0.2, -0.15) is 0 Å². The maximum atomic E-state index is 12.5. The van der Waals surface area contributed by atoms with E-state index in [-0.39, 0.29) is 12.5 Å². The lowest BCUT2D eigenvalue weighted by Crippen LogP contribution is -2.50. The zero-order valence-electron chi connectivity index (χ0n) is 14.0. The fourth-order valence-corrected chi connectivity index (χ4v) is 2.16. The molecule has 0 saturated heterocycles. The third-order valence-corrected chi connectivity index (χ3v) is 3.25. The smallest absolute Gasteiger partial charge is 0.408 e. The summed E-state index contributed by atoms with van der Waals surface area (Å²) in [6.07, 6.45) is -0.656. The number of ether oxygens (including phenoxy) is 3. The number of rotatable bonds is 2. The van der Waals surface area contributed by atoms with Crippen molar-refractivity contribution in [3.05, 3.63) is 18.2 Å². The molecule has 1 aliphatic heterocycles. The number of methoxy groups -OCH3 is 1. The molecule has 0 aromatic heterocycles. The van der Waals surface area contributed by atoms with Crippen molar-refractivity contribution in [1.82, 2.24) is 5.32 Å². The van der Waals surface area contributed by atoms with Crippen molar-refractivity contribution < 1.29 is 23.8 Å². The lowest BCUT2D eigenvalue weighted by molar-refractivity contribution is -0.120. The molecule has 0 unspecified atom stereocenters. The predicted molar refractivity (Wildman–Crippen MR) is 85.1 cm³/mol. The Morgan fingerprint density at radius 1 is 1.39 bits per heavy atom. The van der Waals surface area contributed by atoms with Crippen molar-refractivity contribution in [2.45, 2.75) is 32.4 Å². The van der Waals surface area contributed by atoms with Gasteiger partial charge in [0.2, 0.25) is 0 Å². The van der Waals surface area contributed by atoms with Gasteiger partial charge in [0.25, 0.3) is 5.91 Å². The van der Waals surface area contributed by atoms with Crippen LogP contribution in [0.1, 0.15) is 20.8 Å². The average Bonchev–Trinajstić information content (AvgIpc) is 2.57. The van der Waals surface area contributed by atoms with Gasteiger partial charge in [-0.3, -0.25) is 4.79 Å². The van der Waals surface area contributed by atoms with Gasteiger partial charge in [0, 0.05) is 13.1 Å². The number of nitrogens with one attached hydrogen (secondary N) is 1. The second-order valence-electron chi connectivity index (χ2n) is 6.24. The Morgan fingerprint density at radius 3 is 2.70 bits per heavy atom. The molecule has 1 aromatic rings. The molecule has 1 N–H and O–H groups in total. The van der Waals surface area contributed by atoms with E-state index >= 15 is 0 Å². The molecule has 0 saturated carbocycles. The lowest BCUT2D eigenvalue weighted by Gasteiger charge is -2.23. The van der Waals surface area contributed by atoms with Gasteiger partial charge in [-0.25, -0.2) is 4.79 Å². The quantitative estimate of drug-likeness (QED) is 0.900. The molecule has 0 fully saturated rings. The van der Waals surface area contributed by atoms with Crippen LogP contribution in [-0.2, 0) is 9.53 Å². The summed E-state index contributed by atoms with van der Waals surface area (Å²) in [5, 5.41) is 2.55. The second-order valence-corrected chi connectivity index (χ2v) is 6.24. The van der Waals surface area contributed by atoms with Crippen LogP contribution in [0.2, 0.25) is 0 Å². The van der Waals surface area contributed by atoms with Gasteiger partial charge in [-0.1, -0.05) is 0 Å². The number of carbonyl (C=O) groups excluding carboxylic acids is 2. The molecular weight excluding hydrogens is 300 g/mol. The summed E-state index contributed by atoms with van der Waals surface area (Å²) >= 11 is 0. The molecule has 0 aliphatic carbocycles. The number of benzene rings is 1. The zero-order valence-corrected chi connectivity index (χ0v) is 14.0. The minimum absolute atomic E-state index is 0.0295. The lowest BCUT2D eigenvalue weighted by atomic mass is 10.2. The Hall–Kier alpha value is -2.44. The Morgan fingerprint density at radius 2 is 2.09 bits per heavy atom. The van der Waals surface area contributed by atoms with Crippen LogP contribution in [0.4, 0.5) is 10.5 Å². The highest BCUT2D eigenvalue weighted by Crippen LogP contribution is 2.34. The van der Waals surface area contributed by atoms with E-state index in [1.807, 2.05) is 0 Å². The molecule has 0 bridgehead atoms. The minimum Gasteiger partial charge on any atom is -0.497 e.